The first-order valence-electron chi connectivity index (χ1n) is 7.01. The summed E-state index contributed by atoms with van der Waals surface area (Å²) in [6, 6.07) is 0. The van der Waals surface area contributed by atoms with Crippen LogP contribution >= 0.6 is 0 Å². The molecule has 0 bridgehead atoms. The molecule has 1 atom stereocenters. The Labute approximate surface area is 111 Å². The molecule has 4 heteroatoms. The van der Waals surface area contributed by atoms with Gasteiger partial charge in [-0.2, -0.15) is 5.06 Å². The van der Waals surface area contributed by atoms with E-state index in [9.17, 15) is 0 Å². The smallest absolute Gasteiger partial charge is 0.104 e. The molecule has 2 heterocycles. The molecule has 0 aromatic rings. The summed E-state index contributed by atoms with van der Waals surface area (Å²) in [4.78, 5) is 5.85. The maximum Gasteiger partial charge on any atom is 0.104 e. The molecular weight excluding hydrogens is 230 g/mol. The molecule has 0 amide bonds. The number of piperidine rings is 1. The minimum atomic E-state index is 0.00678. The molecule has 2 aliphatic heterocycles. The molecule has 0 aliphatic carbocycles. The summed E-state index contributed by atoms with van der Waals surface area (Å²) in [6.07, 6.45) is 2.66. The molecule has 0 spiro atoms. The van der Waals surface area contributed by atoms with Crippen LogP contribution in [0.25, 0.3) is 0 Å². The summed E-state index contributed by atoms with van der Waals surface area (Å²) < 4.78 is 11.2. The largest absolute Gasteiger partial charge is 0.375 e. The Hall–Kier alpha value is -0.160. The Morgan fingerprint density at radius 3 is 2.17 bits per heavy atom. The summed E-state index contributed by atoms with van der Waals surface area (Å²) in [7, 11) is 0. The van der Waals surface area contributed by atoms with Crippen LogP contribution in [-0.2, 0) is 14.3 Å². The normalized spacial score (nSPS) is 31.5. The lowest BCUT2D eigenvalue weighted by Gasteiger charge is -2.53. The van der Waals surface area contributed by atoms with Gasteiger partial charge in [-0.05, 0) is 47.5 Å². The van der Waals surface area contributed by atoms with Gasteiger partial charge in [-0.15, -0.1) is 0 Å². The zero-order valence-corrected chi connectivity index (χ0v) is 12.4. The van der Waals surface area contributed by atoms with E-state index in [1.54, 1.807) is 0 Å². The standard InChI is InChI=1S/C14H27NO3/c1-6-18-15-13(2,3)7-11(8-14(15,4)5)16-9-12-10-17-12/h11-12H,6-10H2,1-5H3. The minimum absolute atomic E-state index is 0.00678. The summed E-state index contributed by atoms with van der Waals surface area (Å²) in [5.74, 6) is 0. The van der Waals surface area contributed by atoms with Crippen LogP contribution in [0.15, 0.2) is 0 Å². The second kappa shape index (κ2) is 5.08. The van der Waals surface area contributed by atoms with Crippen LogP contribution in [0.5, 0.6) is 0 Å². The molecule has 0 N–H and O–H groups in total. The Kier molecular flexibility index (Phi) is 4.02. The van der Waals surface area contributed by atoms with Gasteiger partial charge in [0.15, 0.2) is 0 Å². The van der Waals surface area contributed by atoms with E-state index < -0.39 is 0 Å². The third kappa shape index (κ3) is 3.23. The van der Waals surface area contributed by atoms with Crippen molar-refractivity contribution >= 4 is 0 Å². The van der Waals surface area contributed by atoms with Crippen LogP contribution in [0.2, 0.25) is 0 Å². The van der Waals surface area contributed by atoms with E-state index in [0.29, 0.717) is 18.8 Å². The van der Waals surface area contributed by atoms with Crippen LogP contribution < -0.4 is 0 Å². The van der Waals surface area contributed by atoms with Crippen LogP contribution in [-0.4, -0.2) is 48.2 Å². The van der Waals surface area contributed by atoms with E-state index in [1.165, 1.54) is 0 Å². The summed E-state index contributed by atoms with van der Waals surface area (Å²) in [5, 5.41) is 2.16. The van der Waals surface area contributed by atoms with Gasteiger partial charge in [0.05, 0.1) is 25.9 Å². The lowest BCUT2D eigenvalue weighted by atomic mass is 9.80. The summed E-state index contributed by atoms with van der Waals surface area (Å²) >= 11 is 0. The van der Waals surface area contributed by atoms with E-state index in [4.69, 9.17) is 14.3 Å². The first-order chi connectivity index (χ1) is 8.35. The molecule has 1 unspecified atom stereocenters. The Bertz CT molecular complexity index is 269. The second-order valence-electron chi connectivity index (χ2n) is 6.66. The van der Waals surface area contributed by atoms with Gasteiger partial charge in [0.1, 0.15) is 6.10 Å². The second-order valence-corrected chi connectivity index (χ2v) is 6.66. The lowest BCUT2D eigenvalue weighted by Crippen LogP contribution is -2.61. The van der Waals surface area contributed by atoms with E-state index in [2.05, 4.69) is 32.8 Å². The molecule has 4 nitrogen and oxygen atoms in total. The molecule has 2 rings (SSSR count). The van der Waals surface area contributed by atoms with Crippen molar-refractivity contribution in [1.82, 2.24) is 5.06 Å². The maximum atomic E-state index is 6.00. The monoisotopic (exact) mass is 257 g/mol. The third-order valence-electron chi connectivity index (χ3n) is 3.73. The van der Waals surface area contributed by atoms with Crippen molar-refractivity contribution in [3.05, 3.63) is 0 Å². The van der Waals surface area contributed by atoms with Crippen LogP contribution in [0.1, 0.15) is 47.5 Å². The SMILES string of the molecule is CCON1C(C)(C)CC(OCC2CO2)CC1(C)C. The van der Waals surface area contributed by atoms with Gasteiger partial charge in [0.2, 0.25) is 0 Å². The quantitative estimate of drug-likeness (QED) is 0.708. The molecule has 2 fully saturated rings. The van der Waals surface area contributed by atoms with E-state index >= 15 is 0 Å². The van der Waals surface area contributed by atoms with Crippen molar-refractivity contribution in [2.75, 3.05) is 19.8 Å². The van der Waals surface area contributed by atoms with Crippen molar-refractivity contribution < 1.29 is 14.3 Å². The highest BCUT2D eigenvalue weighted by Gasteiger charge is 2.47. The van der Waals surface area contributed by atoms with Gasteiger partial charge in [-0.25, -0.2) is 0 Å². The Morgan fingerprint density at radius 1 is 1.17 bits per heavy atom. The summed E-state index contributed by atoms with van der Waals surface area (Å²) in [5.41, 5.74) is 0.0136. The van der Waals surface area contributed by atoms with Crippen LogP contribution in [0.4, 0.5) is 0 Å². The van der Waals surface area contributed by atoms with Crippen molar-refractivity contribution in [1.29, 1.82) is 0 Å². The Morgan fingerprint density at radius 2 is 1.72 bits per heavy atom. The minimum Gasteiger partial charge on any atom is -0.375 e. The molecule has 0 aromatic carbocycles. The summed E-state index contributed by atoms with van der Waals surface area (Å²) in [6.45, 7) is 13.3. The van der Waals surface area contributed by atoms with E-state index in [0.717, 1.165) is 26.1 Å². The average Bonchev–Trinajstić information content (AvgIpc) is 3.03. The van der Waals surface area contributed by atoms with E-state index in [1.807, 2.05) is 6.92 Å². The maximum absolute atomic E-state index is 6.00. The Balaban J connectivity index is 1.98. The fourth-order valence-electron chi connectivity index (χ4n) is 3.18. The highest BCUT2D eigenvalue weighted by molar-refractivity contribution is 4.97. The first-order valence-corrected chi connectivity index (χ1v) is 7.01. The van der Waals surface area contributed by atoms with Gasteiger partial charge in [0.25, 0.3) is 0 Å². The molecule has 0 aromatic heterocycles. The predicted molar refractivity (Wildman–Crippen MR) is 70.3 cm³/mol. The number of rotatable bonds is 5. The number of ether oxygens (including phenoxy) is 2. The van der Waals surface area contributed by atoms with Gasteiger partial charge < -0.3 is 9.47 Å². The molecule has 2 saturated heterocycles. The zero-order valence-electron chi connectivity index (χ0n) is 12.4. The van der Waals surface area contributed by atoms with Crippen molar-refractivity contribution in [2.24, 2.45) is 0 Å². The van der Waals surface area contributed by atoms with Crippen molar-refractivity contribution in [3.8, 4) is 0 Å². The topological polar surface area (TPSA) is 34.2 Å². The highest BCUT2D eigenvalue weighted by Crippen LogP contribution is 2.39. The average molecular weight is 257 g/mol. The number of nitrogens with zero attached hydrogens (tertiary/aromatic N) is 1. The third-order valence-corrected chi connectivity index (χ3v) is 3.73. The zero-order chi connectivity index (χ0) is 13.4. The van der Waals surface area contributed by atoms with E-state index in [-0.39, 0.29) is 11.1 Å². The number of hydrogen-bond acceptors (Lipinski definition) is 4. The lowest BCUT2D eigenvalue weighted by molar-refractivity contribution is -0.292. The molecule has 106 valence electrons. The van der Waals surface area contributed by atoms with Gasteiger partial charge in [-0.1, -0.05) is 0 Å². The van der Waals surface area contributed by atoms with Crippen molar-refractivity contribution in [2.45, 2.75) is 70.7 Å². The fraction of sp³-hybridized carbons (Fsp3) is 1.00. The highest BCUT2D eigenvalue weighted by atomic mass is 16.7. The number of hydrogen-bond donors (Lipinski definition) is 0. The number of hydroxylamine groups is 2. The number of epoxide rings is 1. The fourth-order valence-corrected chi connectivity index (χ4v) is 3.18. The molecule has 0 saturated carbocycles. The molecule has 18 heavy (non-hydrogen) atoms. The first kappa shape index (κ1) is 14.3. The molecule has 2 aliphatic rings. The van der Waals surface area contributed by atoms with Crippen LogP contribution in [0, 0.1) is 0 Å². The molecular formula is C14H27NO3. The van der Waals surface area contributed by atoms with Gasteiger partial charge in [-0.3, -0.25) is 4.84 Å². The molecule has 0 radical (unpaired) electrons. The van der Waals surface area contributed by atoms with Crippen LogP contribution in [0.3, 0.4) is 0 Å². The van der Waals surface area contributed by atoms with Gasteiger partial charge >= 0.3 is 0 Å². The van der Waals surface area contributed by atoms with Crippen molar-refractivity contribution in [3.63, 3.8) is 0 Å². The van der Waals surface area contributed by atoms with Gasteiger partial charge in [0, 0.05) is 11.1 Å². The predicted octanol–water partition coefficient (Wildman–Crippen LogP) is 2.37.